The lowest BCUT2D eigenvalue weighted by Gasteiger charge is -2.26. The van der Waals surface area contributed by atoms with Gasteiger partial charge in [0.25, 0.3) is 10.0 Å². The Bertz CT molecular complexity index is 611. The van der Waals surface area contributed by atoms with E-state index in [2.05, 4.69) is 4.40 Å². The Morgan fingerprint density at radius 3 is 2.72 bits per heavy atom. The maximum atomic E-state index is 11.7. The molecule has 7 nitrogen and oxygen atoms in total. The molecule has 1 aliphatic rings. The fourth-order valence-corrected chi connectivity index (χ4v) is 2.65. The van der Waals surface area contributed by atoms with E-state index in [1.165, 1.54) is 11.0 Å². The highest BCUT2D eigenvalue weighted by atomic mass is 32.2. The zero-order valence-corrected chi connectivity index (χ0v) is 10.2. The van der Waals surface area contributed by atoms with Gasteiger partial charge in [0.2, 0.25) is 5.91 Å². The molecule has 0 bridgehead atoms. The van der Waals surface area contributed by atoms with E-state index < -0.39 is 22.0 Å². The maximum Gasteiger partial charge on any atom is 0.285 e. The van der Waals surface area contributed by atoms with E-state index >= 15 is 0 Å². The normalized spacial score (nSPS) is 18.2. The summed E-state index contributed by atoms with van der Waals surface area (Å²) < 4.78 is 26.8. The molecule has 1 amide bonds. The van der Waals surface area contributed by atoms with Crippen molar-refractivity contribution < 1.29 is 13.2 Å². The topological polar surface area (TPSA) is 119 Å². The van der Waals surface area contributed by atoms with Crippen molar-refractivity contribution in [1.29, 1.82) is 0 Å². The number of carbonyl (C=O) groups excluding carboxylic acids is 1. The number of nitrogens with two attached hydrogens (primary N) is 2. The van der Waals surface area contributed by atoms with Crippen molar-refractivity contribution in [2.75, 3.05) is 11.4 Å². The SMILES string of the molecule is NC(=O)C(N)CN1C=NS(=O)(=O)c2ccccc21. The number of primary amides is 1. The molecule has 18 heavy (non-hydrogen) atoms. The van der Waals surface area contributed by atoms with E-state index in [-0.39, 0.29) is 11.4 Å². The highest BCUT2D eigenvalue weighted by Crippen LogP contribution is 2.28. The summed E-state index contributed by atoms with van der Waals surface area (Å²) in [6, 6.07) is 5.46. The van der Waals surface area contributed by atoms with E-state index in [0.29, 0.717) is 5.69 Å². The molecule has 2 rings (SSSR count). The average Bonchev–Trinajstić information content (AvgIpc) is 2.33. The van der Waals surface area contributed by atoms with Gasteiger partial charge in [-0.25, -0.2) is 0 Å². The predicted molar refractivity (Wildman–Crippen MR) is 66.6 cm³/mol. The molecule has 0 saturated heterocycles. The molecule has 96 valence electrons. The van der Waals surface area contributed by atoms with Crippen LogP contribution in [-0.2, 0) is 14.8 Å². The van der Waals surface area contributed by atoms with Crippen molar-refractivity contribution in [2.24, 2.45) is 15.9 Å². The second-order valence-corrected chi connectivity index (χ2v) is 5.43. The molecule has 1 unspecified atom stereocenters. The Morgan fingerprint density at radius 1 is 1.39 bits per heavy atom. The summed E-state index contributed by atoms with van der Waals surface area (Å²) in [5, 5.41) is 0. The molecule has 0 radical (unpaired) electrons. The Labute approximate surface area is 104 Å². The minimum atomic E-state index is -3.66. The van der Waals surface area contributed by atoms with Gasteiger partial charge in [-0.15, -0.1) is 4.40 Å². The van der Waals surface area contributed by atoms with Gasteiger partial charge in [0.15, 0.2) is 0 Å². The van der Waals surface area contributed by atoms with Crippen LogP contribution in [-0.4, -0.2) is 33.3 Å². The van der Waals surface area contributed by atoms with Crippen molar-refractivity contribution in [2.45, 2.75) is 10.9 Å². The van der Waals surface area contributed by atoms with Crippen LogP contribution in [0.15, 0.2) is 33.6 Å². The molecule has 1 heterocycles. The molecule has 0 saturated carbocycles. The standard InChI is InChI=1S/C10H12N4O3S/c11-7(10(12)15)5-14-6-13-18(16,17)9-4-2-1-3-8(9)14/h1-4,6-7H,5,11H2,(H2,12,15). The molecule has 1 aromatic carbocycles. The number of fused-ring (bicyclic) bond motifs is 1. The van der Waals surface area contributed by atoms with Crippen molar-refractivity contribution in [3.8, 4) is 0 Å². The van der Waals surface area contributed by atoms with Crippen LogP contribution in [0.4, 0.5) is 5.69 Å². The number of hydrogen-bond donors (Lipinski definition) is 2. The molecule has 0 aliphatic carbocycles. The first-order chi connectivity index (χ1) is 8.42. The molecule has 4 N–H and O–H groups in total. The van der Waals surface area contributed by atoms with Crippen molar-refractivity contribution in [1.82, 2.24) is 0 Å². The second-order valence-electron chi connectivity index (χ2n) is 3.82. The second kappa shape index (κ2) is 4.39. The Hall–Kier alpha value is -1.93. The molecule has 1 atom stereocenters. The summed E-state index contributed by atoms with van der Waals surface area (Å²) in [5.41, 5.74) is 11.1. The van der Waals surface area contributed by atoms with E-state index in [9.17, 15) is 13.2 Å². The summed E-state index contributed by atoms with van der Waals surface area (Å²) in [4.78, 5) is 12.5. The number of amides is 1. The minimum absolute atomic E-state index is 0.0748. The van der Waals surface area contributed by atoms with Gasteiger partial charge in [0.1, 0.15) is 17.3 Å². The lowest BCUT2D eigenvalue weighted by Crippen LogP contribution is -2.46. The first-order valence-corrected chi connectivity index (χ1v) is 6.57. The maximum absolute atomic E-state index is 11.7. The summed E-state index contributed by atoms with van der Waals surface area (Å²) in [7, 11) is -3.66. The first kappa shape index (κ1) is 12.5. The Kier molecular flexibility index (Phi) is 3.05. The van der Waals surface area contributed by atoms with Crippen molar-refractivity contribution >= 4 is 28.0 Å². The molecular formula is C10H12N4O3S. The summed E-state index contributed by atoms with van der Waals surface area (Å²) in [5.74, 6) is -0.658. The summed E-state index contributed by atoms with van der Waals surface area (Å²) >= 11 is 0. The highest BCUT2D eigenvalue weighted by Gasteiger charge is 2.26. The van der Waals surface area contributed by atoms with E-state index in [0.717, 1.165) is 6.34 Å². The zero-order chi connectivity index (χ0) is 13.3. The number of nitrogens with zero attached hydrogens (tertiary/aromatic N) is 2. The zero-order valence-electron chi connectivity index (χ0n) is 9.35. The van der Waals surface area contributed by atoms with Crippen LogP contribution in [0.5, 0.6) is 0 Å². The smallest absolute Gasteiger partial charge is 0.285 e. The van der Waals surface area contributed by atoms with Gasteiger partial charge in [0.05, 0.1) is 5.69 Å². The molecule has 1 aromatic rings. The van der Waals surface area contributed by atoms with E-state index in [1.54, 1.807) is 18.2 Å². The van der Waals surface area contributed by atoms with Crippen LogP contribution in [0.25, 0.3) is 0 Å². The van der Waals surface area contributed by atoms with Crippen LogP contribution in [0, 0.1) is 0 Å². The van der Waals surface area contributed by atoms with Gasteiger partial charge in [-0.05, 0) is 12.1 Å². The average molecular weight is 268 g/mol. The van der Waals surface area contributed by atoms with Gasteiger partial charge in [-0.1, -0.05) is 12.1 Å². The van der Waals surface area contributed by atoms with Crippen LogP contribution >= 0.6 is 0 Å². The van der Waals surface area contributed by atoms with Gasteiger partial charge in [-0.2, -0.15) is 8.42 Å². The van der Waals surface area contributed by atoms with Gasteiger partial charge < -0.3 is 16.4 Å². The van der Waals surface area contributed by atoms with Gasteiger partial charge in [0, 0.05) is 6.54 Å². The number of hydrogen-bond acceptors (Lipinski definition) is 5. The molecule has 0 fully saturated rings. The third kappa shape index (κ3) is 2.20. The van der Waals surface area contributed by atoms with Crippen molar-refractivity contribution in [3.63, 3.8) is 0 Å². The minimum Gasteiger partial charge on any atom is -0.368 e. The number of rotatable bonds is 3. The fourth-order valence-electron chi connectivity index (χ4n) is 1.60. The van der Waals surface area contributed by atoms with Crippen LogP contribution < -0.4 is 16.4 Å². The predicted octanol–water partition coefficient (Wildman–Crippen LogP) is -0.964. The lowest BCUT2D eigenvalue weighted by molar-refractivity contribution is -0.119. The van der Waals surface area contributed by atoms with Crippen LogP contribution in [0.2, 0.25) is 0 Å². The number of benzene rings is 1. The van der Waals surface area contributed by atoms with Gasteiger partial charge >= 0.3 is 0 Å². The molecule has 1 aliphatic heterocycles. The van der Waals surface area contributed by atoms with Gasteiger partial charge in [-0.3, -0.25) is 4.79 Å². The molecule has 0 aromatic heterocycles. The lowest BCUT2D eigenvalue weighted by atomic mass is 10.2. The fraction of sp³-hybridized carbons (Fsp3) is 0.200. The summed E-state index contributed by atoms with van der Waals surface area (Å²) in [6.07, 6.45) is 1.14. The van der Waals surface area contributed by atoms with E-state index in [1.807, 2.05) is 0 Å². The van der Waals surface area contributed by atoms with Crippen LogP contribution in [0.1, 0.15) is 0 Å². The van der Waals surface area contributed by atoms with E-state index in [4.69, 9.17) is 11.5 Å². The third-order valence-corrected chi connectivity index (χ3v) is 3.81. The monoisotopic (exact) mass is 268 g/mol. The Morgan fingerprint density at radius 2 is 2.06 bits per heavy atom. The highest BCUT2D eigenvalue weighted by molar-refractivity contribution is 7.90. The number of anilines is 1. The quantitative estimate of drug-likeness (QED) is 0.731. The third-order valence-electron chi connectivity index (χ3n) is 2.54. The molecule has 0 spiro atoms. The molecule has 8 heteroatoms. The Balaban J connectivity index is 2.39. The number of carbonyl (C=O) groups is 1. The number of sulfonamides is 1. The van der Waals surface area contributed by atoms with Crippen LogP contribution in [0.3, 0.4) is 0 Å². The summed E-state index contributed by atoms with van der Waals surface area (Å²) in [6.45, 7) is 0.0748. The molecular weight excluding hydrogens is 256 g/mol. The largest absolute Gasteiger partial charge is 0.368 e. The van der Waals surface area contributed by atoms with Crippen molar-refractivity contribution in [3.05, 3.63) is 24.3 Å². The number of para-hydroxylation sites is 1. The first-order valence-electron chi connectivity index (χ1n) is 5.13.